The van der Waals surface area contributed by atoms with Gasteiger partial charge in [0.25, 0.3) is 5.91 Å². The van der Waals surface area contributed by atoms with Gasteiger partial charge in [0, 0.05) is 5.56 Å². The van der Waals surface area contributed by atoms with E-state index in [2.05, 4.69) is 5.32 Å². The number of carbonyl (C=O) groups is 1. The lowest BCUT2D eigenvalue weighted by atomic mass is 10.1. The average Bonchev–Trinajstić information content (AvgIpc) is 3.05. The van der Waals surface area contributed by atoms with Gasteiger partial charge < -0.3 is 19.2 Å². The second kappa shape index (κ2) is 6.39. The minimum Gasteiger partial charge on any atom is -0.494 e. The lowest BCUT2D eigenvalue weighted by Gasteiger charge is -2.18. The highest BCUT2D eigenvalue weighted by Crippen LogP contribution is 2.30. The molecule has 1 amide bonds. The molecule has 3 rings (SSSR count). The molecule has 0 saturated heterocycles. The number of hydrogen-bond acceptors (Lipinski definition) is 4. The summed E-state index contributed by atoms with van der Waals surface area (Å²) in [5.74, 6) is 2.07. The molecule has 0 saturated carbocycles. The first-order valence-corrected chi connectivity index (χ1v) is 7.17. The number of amides is 1. The molecule has 5 nitrogen and oxygen atoms in total. The van der Waals surface area contributed by atoms with Gasteiger partial charge in [-0.05, 0) is 43.3 Å². The predicted molar refractivity (Wildman–Crippen MR) is 81.6 cm³/mol. The normalized spacial score (nSPS) is 12.9. The van der Waals surface area contributed by atoms with Crippen molar-refractivity contribution in [2.75, 3.05) is 13.2 Å². The molecule has 1 aromatic heterocycles. The summed E-state index contributed by atoms with van der Waals surface area (Å²) in [7, 11) is 0. The van der Waals surface area contributed by atoms with Gasteiger partial charge in [0.15, 0.2) is 0 Å². The fourth-order valence-electron chi connectivity index (χ4n) is 2.24. The smallest absolute Gasteiger partial charge is 0.251 e. The molecule has 1 aromatic carbocycles. The zero-order valence-electron chi connectivity index (χ0n) is 12.3. The first-order chi connectivity index (χ1) is 10.8. The Balaban J connectivity index is 1.71. The van der Waals surface area contributed by atoms with E-state index in [9.17, 15) is 4.79 Å². The second-order valence-corrected chi connectivity index (χ2v) is 4.85. The van der Waals surface area contributed by atoms with Gasteiger partial charge in [-0.2, -0.15) is 0 Å². The molecule has 0 aliphatic carbocycles. The maximum absolute atomic E-state index is 12.2. The molecular formula is C17H17NO4. The molecule has 22 heavy (non-hydrogen) atoms. The molecular weight excluding hydrogens is 282 g/mol. The van der Waals surface area contributed by atoms with Gasteiger partial charge in [0.2, 0.25) is 0 Å². The predicted octanol–water partition coefficient (Wildman–Crippen LogP) is 2.77. The second-order valence-electron chi connectivity index (χ2n) is 4.85. The van der Waals surface area contributed by atoms with E-state index < -0.39 is 0 Å². The van der Waals surface area contributed by atoms with Crippen LogP contribution in [0.15, 0.2) is 46.6 Å². The highest BCUT2D eigenvalue weighted by molar-refractivity contribution is 5.99. The summed E-state index contributed by atoms with van der Waals surface area (Å²) >= 11 is 0. The highest BCUT2D eigenvalue weighted by atomic mass is 16.5. The highest BCUT2D eigenvalue weighted by Gasteiger charge is 2.17. The van der Waals surface area contributed by atoms with Crippen molar-refractivity contribution in [2.45, 2.75) is 13.5 Å². The summed E-state index contributed by atoms with van der Waals surface area (Å²) in [6.07, 6.45) is 3.41. The van der Waals surface area contributed by atoms with Crippen molar-refractivity contribution in [2.24, 2.45) is 0 Å². The van der Waals surface area contributed by atoms with Gasteiger partial charge in [0.1, 0.15) is 23.9 Å². The zero-order chi connectivity index (χ0) is 15.4. The fraction of sp³-hybridized carbons (Fsp3) is 0.235. The summed E-state index contributed by atoms with van der Waals surface area (Å²) in [5, 5.41) is 2.81. The maximum atomic E-state index is 12.2. The van der Waals surface area contributed by atoms with Crippen molar-refractivity contribution in [3.8, 4) is 11.5 Å². The average molecular weight is 299 g/mol. The molecule has 0 bridgehead atoms. The molecule has 1 aliphatic rings. The SMILES string of the molecule is CCOc1ccc2c(c1)C=C(C(=O)NCc1ccco1)CO2. The van der Waals surface area contributed by atoms with Crippen LogP contribution in [0.1, 0.15) is 18.2 Å². The monoisotopic (exact) mass is 299 g/mol. The molecule has 0 radical (unpaired) electrons. The van der Waals surface area contributed by atoms with Crippen molar-refractivity contribution in [3.63, 3.8) is 0 Å². The summed E-state index contributed by atoms with van der Waals surface area (Å²) in [4.78, 5) is 12.2. The standard InChI is InChI=1S/C17H17NO4/c1-2-20-14-5-6-16-12(9-14)8-13(11-22-16)17(19)18-10-15-4-3-7-21-15/h3-9H,2,10-11H2,1H3,(H,18,19). The first kappa shape index (κ1) is 14.3. The molecule has 1 N–H and O–H groups in total. The summed E-state index contributed by atoms with van der Waals surface area (Å²) in [5.41, 5.74) is 1.42. The van der Waals surface area contributed by atoms with Crippen molar-refractivity contribution in [3.05, 3.63) is 53.5 Å². The lowest BCUT2D eigenvalue weighted by Crippen LogP contribution is -2.28. The molecule has 1 aliphatic heterocycles. The molecule has 5 heteroatoms. The van der Waals surface area contributed by atoms with Crippen LogP contribution in [0.3, 0.4) is 0 Å². The molecule has 0 spiro atoms. The Labute approximate surface area is 128 Å². The third-order valence-electron chi connectivity index (χ3n) is 3.30. The van der Waals surface area contributed by atoms with Crippen LogP contribution in [0.4, 0.5) is 0 Å². The van der Waals surface area contributed by atoms with Crippen LogP contribution in [-0.4, -0.2) is 19.1 Å². The van der Waals surface area contributed by atoms with Crippen molar-refractivity contribution >= 4 is 12.0 Å². The van der Waals surface area contributed by atoms with Crippen molar-refractivity contribution in [1.29, 1.82) is 0 Å². The molecule has 2 aromatic rings. The van der Waals surface area contributed by atoms with E-state index in [0.717, 1.165) is 17.1 Å². The van der Waals surface area contributed by atoms with E-state index in [-0.39, 0.29) is 12.5 Å². The number of carbonyl (C=O) groups excluding carboxylic acids is 1. The van der Waals surface area contributed by atoms with Gasteiger partial charge in [0.05, 0.1) is 25.0 Å². The Morgan fingerprint density at radius 1 is 1.36 bits per heavy atom. The first-order valence-electron chi connectivity index (χ1n) is 7.17. The van der Waals surface area contributed by atoms with Crippen LogP contribution >= 0.6 is 0 Å². The van der Waals surface area contributed by atoms with Gasteiger partial charge >= 0.3 is 0 Å². The van der Waals surface area contributed by atoms with E-state index in [4.69, 9.17) is 13.9 Å². The lowest BCUT2D eigenvalue weighted by molar-refractivity contribution is -0.118. The number of ether oxygens (including phenoxy) is 2. The van der Waals surface area contributed by atoms with Crippen LogP contribution in [0, 0.1) is 0 Å². The van der Waals surface area contributed by atoms with E-state index in [0.29, 0.717) is 24.5 Å². The molecule has 114 valence electrons. The third kappa shape index (κ3) is 3.14. The van der Waals surface area contributed by atoms with E-state index in [1.165, 1.54) is 0 Å². The zero-order valence-corrected chi connectivity index (χ0v) is 12.3. The quantitative estimate of drug-likeness (QED) is 0.922. The summed E-state index contributed by atoms with van der Waals surface area (Å²) in [6.45, 7) is 3.14. The van der Waals surface area contributed by atoms with Gasteiger partial charge in [-0.1, -0.05) is 0 Å². The number of nitrogens with one attached hydrogen (secondary N) is 1. The molecule has 0 atom stereocenters. The summed E-state index contributed by atoms with van der Waals surface area (Å²) < 4.78 is 16.3. The van der Waals surface area contributed by atoms with Crippen molar-refractivity contribution in [1.82, 2.24) is 5.32 Å². The molecule has 0 fully saturated rings. The Morgan fingerprint density at radius 2 is 2.27 bits per heavy atom. The topological polar surface area (TPSA) is 60.7 Å². The fourth-order valence-corrected chi connectivity index (χ4v) is 2.24. The van der Waals surface area contributed by atoms with Gasteiger partial charge in [-0.15, -0.1) is 0 Å². The van der Waals surface area contributed by atoms with E-state index >= 15 is 0 Å². The molecule has 0 unspecified atom stereocenters. The Bertz CT molecular complexity index is 689. The number of benzene rings is 1. The summed E-state index contributed by atoms with van der Waals surface area (Å²) in [6, 6.07) is 9.19. The van der Waals surface area contributed by atoms with Crippen LogP contribution < -0.4 is 14.8 Å². The Morgan fingerprint density at radius 3 is 3.05 bits per heavy atom. The minimum atomic E-state index is -0.163. The van der Waals surface area contributed by atoms with Gasteiger partial charge in [-0.3, -0.25) is 4.79 Å². The molecule has 2 heterocycles. The number of rotatable bonds is 5. The van der Waals surface area contributed by atoms with E-state index in [1.807, 2.05) is 37.3 Å². The van der Waals surface area contributed by atoms with E-state index in [1.54, 1.807) is 12.3 Å². The maximum Gasteiger partial charge on any atom is 0.251 e. The number of fused-ring (bicyclic) bond motifs is 1. The Hall–Kier alpha value is -2.69. The van der Waals surface area contributed by atoms with Crippen molar-refractivity contribution < 1.29 is 18.7 Å². The van der Waals surface area contributed by atoms with Crippen LogP contribution in [0.5, 0.6) is 11.5 Å². The van der Waals surface area contributed by atoms with Crippen LogP contribution in [0.25, 0.3) is 6.08 Å². The van der Waals surface area contributed by atoms with Gasteiger partial charge in [-0.25, -0.2) is 0 Å². The number of furan rings is 1. The Kier molecular flexibility index (Phi) is 4.14. The third-order valence-corrected chi connectivity index (χ3v) is 3.30. The van der Waals surface area contributed by atoms with Crippen LogP contribution in [0.2, 0.25) is 0 Å². The van der Waals surface area contributed by atoms with Crippen LogP contribution in [-0.2, 0) is 11.3 Å². The largest absolute Gasteiger partial charge is 0.494 e. The number of hydrogen-bond donors (Lipinski definition) is 1. The minimum absolute atomic E-state index is 0.163.